The third-order valence-electron chi connectivity index (χ3n) is 2.92. The molecule has 1 aliphatic heterocycles. The summed E-state index contributed by atoms with van der Waals surface area (Å²) in [6, 6.07) is 0.706. The van der Waals surface area contributed by atoms with E-state index in [-0.39, 0.29) is 11.9 Å². The topological polar surface area (TPSA) is 58.4 Å². The number of nitrogens with one attached hydrogen (secondary N) is 1. The molecule has 0 bridgehead atoms. The lowest BCUT2D eigenvalue weighted by Gasteiger charge is -2.21. The van der Waals surface area contributed by atoms with Crippen molar-refractivity contribution in [2.24, 2.45) is 11.7 Å². The summed E-state index contributed by atoms with van der Waals surface area (Å²) in [6.45, 7) is 8.33. The first-order chi connectivity index (χ1) is 7.02. The van der Waals surface area contributed by atoms with Crippen LogP contribution in [0.1, 0.15) is 27.2 Å². The molecule has 15 heavy (non-hydrogen) atoms. The molecule has 0 aromatic heterocycles. The molecule has 0 radical (unpaired) electrons. The van der Waals surface area contributed by atoms with Crippen molar-refractivity contribution in [1.29, 1.82) is 0 Å². The fourth-order valence-corrected chi connectivity index (χ4v) is 2.16. The van der Waals surface area contributed by atoms with E-state index in [0.29, 0.717) is 18.5 Å². The zero-order valence-electron chi connectivity index (χ0n) is 9.99. The van der Waals surface area contributed by atoms with Crippen molar-refractivity contribution in [3.05, 3.63) is 0 Å². The number of rotatable bonds is 4. The largest absolute Gasteiger partial charge is 0.353 e. The third kappa shape index (κ3) is 3.80. The Balaban J connectivity index is 2.35. The normalized spacial score (nSPS) is 27.3. The quantitative estimate of drug-likeness (QED) is 0.700. The first-order valence-electron chi connectivity index (χ1n) is 5.76. The molecule has 1 rings (SSSR count). The Morgan fingerprint density at radius 2 is 2.27 bits per heavy atom. The van der Waals surface area contributed by atoms with E-state index >= 15 is 0 Å². The van der Waals surface area contributed by atoms with Crippen LogP contribution in [0.4, 0.5) is 0 Å². The van der Waals surface area contributed by atoms with Gasteiger partial charge in [-0.3, -0.25) is 9.69 Å². The average Bonchev–Trinajstić information content (AvgIpc) is 2.46. The molecular formula is C11H23N3O. The molecule has 1 heterocycles. The van der Waals surface area contributed by atoms with Crippen LogP contribution >= 0.6 is 0 Å². The van der Waals surface area contributed by atoms with Crippen LogP contribution in [-0.4, -0.2) is 42.5 Å². The summed E-state index contributed by atoms with van der Waals surface area (Å²) in [5.74, 6) is 0.682. The summed E-state index contributed by atoms with van der Waals surface area (Å²) < 4.78 is 0. The minimum Gasteiger partial charge on any atom is -0.353 e. The Labute approximate surface area is 92.2 Å². The van der Waals surface area contributed by atoms with Gasteiger partial charge in [0.1, 0.15) is 0 Å². The van der Waals surface area contributed by atoms with Crippen LogP contribution in [-0.2, 0) is 4.79 Å². The molecule has 2 unspecified atom stereocenters. The van der Waals surface area contributed by atoms with Crippen LogP contribution in [0.3, 0.4) is 0 Å². The van der Waals surface area contributed by atoms with Crippen LogP contribution in [0.25, 0.3) is 0 Å². The summed E-state index contributed by atoms with van der Waals surface area (Å²) in [5, 5.41) is 2.91. The van der Waals surface area contributed by atoms with Gasteiger partial charge in [-0.05, 0) is 39.7 Å². The molecule has 2 atom stereocenters. The molecule has 1 amide bonds. The molecule has 0 aromatic carbocycles. The maximum Gasteiger partial charge on any atom is 0.234 e. The summed E-state index contributed by atoms with van der Waals surface area (Å²) in [4.78, 5) is 13.8. The Morgan fingerprint density at radius 1 is 1.60 bits per heavy atom. The molecule has 1 saturated heterocycles. The average molecular weight is 213 g/mol. The predicted octanol–water partition coefficient (Wildman–Crippen LogP) is 0.180. The van der Waals surface area contributed by atoms with Gasteiger partial charge in [0.15, 0.2) is 0 Å². The lowest BCUT2D eigenvalue weighted by molar-refractivity contribution is -0.122. The summed E-state index contributed by atoms with van der Waals surface area (Å²) in [5.41, 5.74) is 5.64. The Bertz CT molecular complexity index is 218. The second-order valence-electron chi connectivity index (χ2n) is 4.84. The van der Waals surface area contributed by atoms with Crippen molar-refractivity contribution < 1.29 is 4.79 Å². The molecule has 0 aliphatic carbocycles. The molecule has 1 fully saturated rings. The number of nitrogens with two attached hydrogens (primary N) is 1. The second kappa shape index (κ2) is 5.47. The van der Waals surface area contributed by atoms with Gasteiger partial charge in [-0.1, -0.05) is 0 Å². The number of hydrogen-bond acceptors (Lipinski definition) is 3. The van der Waals surface area contributed by atoms with Crippen molar-refractivity contribution in [1.82, 2.24) is 10.2 Å². The number of carbonyl (C=O) groups is 1. The highest BCUT2D eigenvalue weighted by molar-refractivity contribution is 5.78. The van der Waals surface area contributed by atoms with Gasteiger partial charge < -0.3 is 11.1 Å². The smallest absolute Gasteiger partial charge is 0.234 e. The zero-order chi connectivity index (χ0) is 11.4. The van der Waals surface area contributed by atoms with Gasteiger partial charge in [-0.25, -0.2) is 0 Å². The van der Waals surface area contributed by atoms with Crippen LogP contribution in [0.5, 0.6) is 0 Å². The minimum absolute atomic E-state index is 0.120. The fraction of sp³-hybridized carbons (Fsp3) is 0.909. The van der Waals surface area contributed by atoms with E-state index in [1.54, 1.807) is 0 Å². The van der Waals surface area contributed by atoms with Crippen LogP contribution in [0.15, 0.2) is 0 Å². The van der Waals surface area contributed by atoms with Crippen LogP contribution < -0.4 is 11.1 Å². The highest BCUT2D eigenvalue weighted by Gasteiger charge is 2.29. The van der Waals surface area contributed by atoms with Gasteiger partial charge in [0.05, 0.1) is 6.54 Å². The lowest BCUT2D eigenvalue weighted by atomic mass is 10.1. The summed E-state index contributed by atoms with van der Waals surface area (Å²) in [6.07, 6.45) is 1.12. The molecule has 0 aromatic rings. The fourth-order valence-electron chi connectivity index (χ4n) is 2.16. The molecule has 4 nitrogen and oxygen atoms in total. The number of hydrogen-bond donors (Lipinski definition) is 2. The monoisotopic (exact) mass is 213 g/mol. The van der Waals surface area contributed by atoms with Crippen molar-refractivity contribution in [3.8, 4) is 0 Å². The van der Waals surface area contributed by atoms with Crippen molar-refractivity contribution >= 4 is 5.91 Å². The van der Waals surface area contributed by atoms with E-state index in [1.165, 1.54) is 0 Å². The molecule has 3 N–H and O–H groups in total. The lowest BCUT2D eigenvalue weighted by Crippen LogP contribution is -2.41. The number of likely N-dealkylation sites (tertiary alicyclic amines) is 1. The minimum atomic E-state index is 0.120. The number of nitrogens with zero attached hydrogens (tertiary/aromatic N) is 1. The Morgan fingerprint density at radius 3 is 2.73 bits per heavy atom. The van der Waals surface area contributed by atoms with E-state index in [2.05, 4.69) is 17.1 Å². The van der Waals surface area contributed by atoms with Crippen LogP contribution in [0, 0.1) is 5.92 Å². The van der Waals surface area contributed by atoms with Crippen molar-refractivity contribution in [2.45, 2.75) is 39.3 Å². The summed E-state index contributed by atoms with van der Waals surface area (Å²) in [7, 11) is 0. The van der Waals surface area contributed by atoms with Gasteiger partial charge >= 0.3 is 0 Å². The second-order valence-corrected chi connectivity index (χ2v) is 4.84. The van der Waals surface area contributed by atoms with Gasteiger partial charge in [0.2, 0.25) is 5.91 Å². The Hall–Kier alpha value is -0.610. The highest BCUT2D eigenvalue weighted by Crippen LogP contribution is 2.21. The highest BCUT2D eigenvalue weighted by atomic mass is 16.2. The standard InChI is InChI=1S/C11H23N3O/c1-8(2)13-11(15)7-14-6-10(5-12)4-9(14)3/h8-10H,4-7,12H2,1-3H3,(H,13,15). The maximum atomic E-state index is 11.6. The van der Waals surface area contributed by atoms with Gasteiger partial charge in [0.25, 0.3) is 0 Å². The Kier molecular flexibility index (Phi) is 4.54. The van der Waals surface area contributed by atoms with Crippen molar-refractivity contribution in [3.63, 3.8) is 0 Å². The molecule has 4 heteroatoms. The van der Waals surface area contributed by atoms with Gasteiger partial charge in [-0.15, -0.1) is 0 Å². The van der Waals surface area contributed by atoms with Crippen LogP contribution in [0.2, 0.25) is 0 Å². The summed E-state index contributed by atoms with van der Waals surface area (Å²) >= 11 is 0. The SMILES string of the molecule is CC(C)NC(=O)CN1CC(CN)CC1C. The van der Waals surface area contributed by atoms with E-state index < -0.39 is 0 Å². The predicted molar refractivity (Wildman–Crippen MR) is 61.5 cm³/mol. The zero-order valence-corrected chi connectivity index (χ0v) is 9.99. The van der Waals surface area contributed by atoms with E-state index in [9.17, 15) is 4.79 Å². The first-order valence-corrected chi connectivity index (χ1v) is 5.76. The molecular weight excluding hydrogens is 190 g/mol. The first kappa shape index (κ1) is 12.5. The molecule has 0 spiro atoms. The third-order valence-corrected chi connectivity index (χ3v) is 2.92. The van der Waals surface area contributed by atoms with Gasteiger partial charge in [-0.2, -0.15) is 0 Å². The van der Waals surface area contributed by atoms with Gasteiger partial charge in [0, 0.05) is 18.6 Å². The molecule has 1 aliphatic rings. The molecule has 0 saturated carbocycles. The van der Waals surface area contributed by atoms with E-state index in [0.717, 1.165) is 19.5 Å². The maximum absolute atomic E-state index is 11.6. The number of carbonyl (C=O) groups excluding carboxylic acids is 1. The number of amides is 1. The van der Waals surface area contributed by atoms with E-state index in [4.69, 9.17) is 5.73 Å². The molecule has 88 valence electrons. The van der Waals surface area contributed by atoms with E-state index in [1.807, 2.05) is 13.8 Å². The van der Waals surface area contributed by atoms with Crippen molar-refractivity contribution in [2.75, 3.05) is 19.6 Å².